The third kappa shape index (κ3) is 3.70. The molecule has 0 bridgehead atoms. The van der Waals surface area contributed by atoms with Crippen molar-refractivity contribution >= 4 is 34.3 Å². The average Bonchev–Trinajstić information content (AvgIpc) is 3.25. The van der Waals surface area contributed by atoms with Gasteiger partial charge in [-0.15, -0.1) is 0 Å². The van der Waals surface area contributed by atoms with Crippen molar-refractivity contribution in [1.82, 2.24) is 25.1 Å². The van der Waals surface area contributed by atoms with Gasteiger partial charge in [0, 0.05) is 17.2 Å². The molecule has 0 aliphatic carbocycles. The van der Waals surface area contributed by atoms with Crippen LogP contribution < -0.4 is 10.1 Å². The summed E-state index contributed by atoms with van der Waals surface area (Å²) in [4.78, 5) is 15.3. The summed E-state index contributed by atoms with van der Waals surface area (Å²) in [7, 11) is 0. The summed E-state index contributed by atoms with van der Waals surface area (Å²) in [6.45, 7) is 6.15. The Hall–Kier alpha value is -3.13. The fourth-order valence-electron chi connectivity index (χ4n) is 2.42. The molecule has 27 heavy (non-hydrogen) atoms. The van der Waals surface area contributed by atoms with Crippen LogP contribution in [0.25, 0.3) is 11.2 Å². The lowest BCUT2D eigenvalue weighted by Gasteiger charge is -2.11. The summed E-state index contributed by atoms with van der Waals surface area (Å²) in [6, 6.07) is 9.15. The predicted molar refractivity (Wildman–Crippen MR) is 102 cm³/mol. The fraction of sp³-hybridized carbons (Fsp3) is 0.222. The van der Waals surface area contributed by atoms with E-state index in [0.717, 1.165) is 11.4 Å². The first kappa shape index (κ1) is 17.3. The van der Waals surface area contributed by atoms with Crippen molar-refractivity contribution in [3.05, 3.63) is 47.7 Å². The summed E-state index contributed by atoms with van der Waals surface area (Å²) < 4.78 is 11.1. The number of hydrogen-bond donors (Lipinski definition) is 2. The number of fused-ring (bicyclic) bond motifs is 1. The van der Waals surface area contributed by atoms with Crippen LogP contribution in [0.3, 0.4) is 0 Å². The molecule has 4 aromatic rings. The van der Waals surface area contributed by atoms with E-state index in [0.29, 0.717) is 28.6 Å². The minimum atomic E-state index is -0.126. The Morgan fingerprint density at radius 1 is 1.15 bits per heavy atom. The molecule has 0 radical (unpaired) electrons. The van der Waals surface area contributed by atoms with Crippen LogP contribution in [-0.4, -0.2) is 25.1 Å². The molecular formula is C18H17ClN6O2. The maximum Gasteiger partial charge on any atom is 0.259 e. The fourth-order valence-corrected chi connectivity index (χ4v) is 2.59. The minimum Gasteiger partial charge on any atom is -0.436 e. The van der Waals surface area contributed by atoms with E-state index in [4.69, 9.17) is 20.9 Å². The van der Waals surface area contributed by atoms with Crippen LogP contribution in [0.2, 0.25) is 5.28 Å². The van der Waals surface area contributed by atoms with Crippen molar-refractivity contribution < 1.29 is 9.26 Å². The summed E-state index contributed by atoms with van der Waals surface area (Å²) >= 11 is 5.94. The standard InChI is InChI=1S/C18H17ClN6O2/c1-18(2,3)12-8-13(25-27-12)26-11-6-4-10(5-7-11)22-16-14-15(21-9-20-14)23-17(19)24-16/h4-9H,1-3H3,(H2,20,21,22,23,24). The van der Waals surface area contributed by atoms with Crippen molar-refractivity contribution in [3.63, 3.8) is 0 Å². The van der Waals surface area contributed by atoms with E-state index in [1.807, 2.05) is 45.0 Å². The van der Waals surface area contributed by atoms with Gasteiger partial charge in [0.15, 0.2) is 11.5 Å². The van der Waals surface area contributed by atoms with Gasteiger partial charge in [0.05, 0.1) is 6.33 Å². The van der Waals surface area contributed by atoms with Gasteiger partial charge >= 0.3 is 0 Å². The number of benzene rings is 1. The van der Waals surface area contributed by atoms with Crippen LogP contribution in [0.15, 0.2) is 41.2 Å². The zero-order chi connectivity index (χ0) is 19.0. The largest absolute Gasteiger partial charge is 0.436 e. The van der Waals surface area contributed by atoms with Crippen molar-refractivity contribution in [1.29, 1.82) is 0 Å². The number of anilines is 2. The normalized spacial score (nSPS) is 11.7. The number of aromatic nitrogens is 5. The van der Waals surface area contributed by atoms with Crippen molar-refractivity contribution in [2.45, 2.75) is 26.2 Å². The van der Waals surface area contributed by atoms with E-state index >= 15 is 0 Å². The molecule has 3 aromatic heterocycles. The molecule has 0 aliphatic heterocycles. The SMILES string of the molecule is CC(C)(C)c1cc(Oc2ccc(Nc3nc(Cl)nc4nc[nH]c34)cc2)no1. The number of rotatable bonds is 4. The Bertz CT molecular complexity index is 1080. The van der Waals surface area contributed by atoms with Gasteiger partial charge in [0.1, 0.15) is 17.0 Å². The lowest BCUT2D eigenvalue weighted by molar-refractivity contribution is 0.311. The predicted octanol–water partition coefficient (Wildman–Crippen LogP) is 4.83. The van der Waals surface area contributed by atoms with Crippen LogP contribution >= 0.6 is 11.6 Å². The number of aromatic amines is 1. The smallest absolute Gasteiger partial charge is 0.259 e. The van der Waals surface area contributed by atoms with Gasteiger partial charge in [-0.3, -0.25) is 0 Å². The van der Waals surface area contributed by atoms with E-state index in [-0.39, 0.29) is 10.7 Å². The first-order chi connectivity index (χ1) is 12.9. The van der Waals surface area contributed by atoms with Crippen molar-refractivity contribution in [3.8, 4) is 11.6 Å². The lowest BCUT2D eigenvalue weighted by Crippen LogP contribution is -2.09. The highest BCUT2D eigenvalue weighted by atomic mass is 35.5. The molecule has 8 nitrogen and oxygen atoms in total. The zero-order valence-corrected chi connectivity index (χ0v) is 15.7. The number of halogens is 1. The third-order valence-corrected chi connectivity index (χ3v) is 3.99. The van der Waals surface area contributed by atoms with E-state index in [9.17, 15) is 0 Å². The highest BCUT2D eigenvalue weighted by Gasteiger charge is 2.20. The van der Waals surface area contributed by atoms with E-state index in [1.165, 1.54) is 0 Å². The van der Waals surface area contributed by atoms with Crippen LogP contribution in [0, 0.1) is 0 Å². The molecule has 0 spiro atoms. The van der Waals surface area contributed by atoms with Gasteiger partial charge in [-0.1, -0.05) is 20.8 Å². The highest BCUT2D eigenvalue weighted by Crippen LogP contribution is 2.29. The monoisotopic (exact) mass is 384 g/mol. The molecular weight excluding hydrogens is 368 g/mol. The molecule has 0 aliphatic rings. The number of H-pyrrole nitrogens is 1. The molecule has 0 saturated carbocycles. The summed E-state index contributed by atoms with van der Waals surface area (Å²) in [6.07, 6.45) is 1.54. The average molecular weight is 385 g/mol. The Morgan fingerprint density at radius 2 is 1.93 bits per heavy atom. The second-order valence-corrected chi connectivity index (χ2v) is 7.31. The Labute approximate surface area is 159 Å². The number of hydrogen-bond acceptors (Lipinski definition) is 7. The molecule has 3 heterocycles. The Morgan fingerprint density at radius 3 is 2.63 bits per heavy atom. The van der Waals surface area contributed by atoms with Gasteiger partial charge in [-0.05, 0) is 41.0 Å². The van der Waals surface area contributed by atoms with Gasteiger partial charge in [-0.25, -0.2) is 4.98 Å². The summed E-state index contributed by atoms with van der Waals surface area (Å²) in [5.41, 5.74) is 1.86. The minimum absolute atomic E-state index is 0.123. The van der Waals surface area contributed by atoms with Crippen molar-refractivity contribution in [2.75, 3.05) is 5.32 Å². The molecule has 9 heteroatoms. The number of nitrogens with zero attached hydrogens (tertiary/aromatic N) is 4. The molecule has 0 unspecified atom stereocenters. The maximum atomic E-state index is 5.94. The quantitative estimate of drug-likeness (QED) is 0.486. The summed E-state index contributed by atoms with van der Waals surface area (Å²) in [5, 5.41) is 7.27. The lowest BCUT2D eigenvalue weighted by atomic mass is 9.94. The number of imidazole rings is 1. The molecule has 2 N–H and O–H groups in total. The van der Waals surface area contributed by atoms with Gasteiger partial charge in [0.2, 0.25) is 5.28 Å². The van der Waals surface area contributed by atoms with E-state index in [1.54, 1.807) is 12.4 Å². The van der Waals surface area contributed by atoms with Crippen LogP contribution in [0.4, 0.5) is 11.5 Å². The molecule has 4 rings (SSSR count). The molecule has 0 amide bonds. The van der Waals surface area contributed by atoms with Gasteiger partial charge in [0.25, 0.3) is 5.88 Å². The van der Waals surface area contributed by atoms with Crippen LogP contribution in [0.1, 0.15) is 26.5 Å². The first-order valence-corrected chi connectivity index (χ1v) is 8.65. The van der Waals surface area contributed by atoms with Crippen LogP contribution in [0.5, 0.6) is 11.6 Å². The molecule has 138 valence electrons. The Balaban J connectivity index is 1.50. The topological polar surface area (TPSA) is 102 Å². The van der Waals surface area contributed by atoms with Gasteiger partial charge in [-0.2, -0.15) is 9.97 Å². The van der Waals surface area contributed by atoms with E-state index in [2.05, 4.69) is 30.4 Å². The zero-order valence-electron chi connectivity index (χ0n) is 14.9. The number of nitrogens with one attached hydrogen (secondary N) is 2. The number of ether oxygens (including phenoxy) is 1. The second kappa shape index (κ2) is 6.55. The van der Waals surface area contributed by atoms with Crippen LogP contribution in [-0.2, 0) is 5.41 Å². The third-order valence-electron chi connectivity index (χ3n) is 3.83. The van der Waals surface area contributed by atoms with E-state index < -0.39 is 0 Å². The second-order valence-electron chi connectivity index (χ2n) is 6.97. The summed E-state index contributed by atoms with van der Waals surface area (Å²) in [5.74, 6) is 2.37. The highest BCUT2D eigenvalue weighted by molar-refractivity contribution is 6.28. The molecule has 0 saturated heterocycles. The van der Waals surface area contributed by atoms with Gasteiger partial charge < -0.3 is 19.6 Å². The Kier molecular flexibility index (Phi) is 4.19. The van der Waals surface area contributed by atoms with Crippen molar-refractivity contribution in [2.24, 2.45) is 0 Å². The first-order valence-electron chi connectivity index (χ1n) is 8.27. The maximum absolute atomic E-state index is 5.94. The molecule has 1 aromatic carbocycles. The molecule has 0 atom stereocenters. The molecule has 0 fully saturated rings.